The molecule has 4 heteroatoms. The van der Waals surface area contributed by atoms with Crippen LogP contribution in [0.5, 0.6) is 0 Å². The maximum atomic E-state index is 5.42. The summed E-state index contributed by atoms with van der Waals surface area (Å²) in [5.74, 6) is 0.789. The van der Waals surface area contributed by atoms with E-state index in [1.807, 2.05) is 47.2 Å². The Morgan fingerprint density at radius 1 is 1.19 bits per heavy atom. The summed E-state index contributed by atoms with van der Waals surface area (Å²) in [5.41, 5.74) is 4.99. The average Bonchev–Trinajstić information content (AvgIpc) is 3.01. The van der Waals surface area contributed by atoms with Gasteiger partial charge in [0.05, 0.1) is 0 Å². The van der Waals surface area contributed by atoms with Gasteiger partial charge in [0.1, 0.15) is 0 Å². The monoisotopic (exact) mass is 230 g/mol. The molecule has 1 aliphatic rings. The highest BCUT2D eigenvalue weighted by Crippen LogP contribution is 2.24. The van der Waals surface area contributed by atoms with Crippen LogP contribution in [0.1, 0.15) is 17.4 Å². The van der Waals surface area contributed by atoms with Crippen molar-refractivity contribution in [2.24, 2.45) is 4.99 Å². The second kappa shape index (κ2) is 4.08. The van der Waals surface area contributed by atoms with Gasteiger partial charge in [-0.2, -0.15) is 11.3 Å². The minimum absolute atomic E-state index is 0.221. The zero-order valence-electron chi connectivity index (χ0n) is 8.46. The standard InChI is InChI=1S/C12H10N2OS/c1-2-4-9(5-3-1)11-13-12(15-14-11)10-6-7-16-8-10/h1-8,12H,(H,13,14)/t12-/m0/s1. The number of thiophene rings is 1. The molecule has 16 heavy (non-hydrogen) atoms. The lowest BCUT2D eigenvalue weighted by Crippen LogP contribution is -2.17. The van der Waals surface area contributed by atoms with Crippen molar-refractivity contribution in [2.75, 3.05) is 0 Å². The number of hydrogen-bond acceptors (Lipinski definition) is 4. The van der Waals surface area contributed by atoms with Crippen LogP contribution in [0.25, 0.3) is 0 Å². The minimum atomic E-state index is -0.221. The van der Waals surface area contributed by atoms with E-state index in [0.29, 0.717) is 0 Å². The first-order chi connectivity index (χ1) is 7.93. The van der Waals surface area contributed by atoms with Gasteiger partial charge in [-0.05, 0) is 16.8 Å². The third-order valence-electron chi connectivity index (χ3n) is 2.39. The highest BCUT2D eigenvalue weighted by molar-refractivity contribution is 7.07. The number of hydrogen-bond donors (Lipinski definition) is 1. The smallest absolute Gasteiger partial charge is 0.203 e. The highest BCUT2D eigenvalue weighted by atomic mass is 32.1. The average molecular weight is 230 g/mol. The van der Waals surface area contributed by atoms with Gasteiger partial charge in [0.2, 0.25) is 6.23 Å². The van der Waals surface area contributed by atoms with E-state index in [-0.39, 0.29) is 6.23 Å². The Labute approximate surface area is 97.4 Å². The van der Waals surface area contributed by atoms with Crippen molar-refractivity contribution in [3.63, 3.8) is 0 Å². The Kier molecular flexibility index (Phi) is 2.44. The fraction of sp³-hybridized carbons (Fsp3) is 0.0833. The van der Waals surface area contributed by atoms with E-state index >= 15 is 0 Å². The molecule has 1 aromatic carbocycles. The van der Waals surface area contributed by atoms with E-state index in [0.717, 1.165) is 17.0 Å². The molecule has 0 aliphatic carbocycles. The van der Waals surface area contributed by atoms with Gasteiger partial charge in [0.15, 0.2) is 5.84 Å². The SMILES string of the molecule is c1ccc(C2=N[C@H](c3ccsc3)ON2)cc1. The van der Waals surface area contributed by atoms with Crippen LogP contribution in [-0.4, -0.2) is 5.84 Å². The third-order valence-corrected chi connectivity index (χ3v) is 3.09. The summed E-state index contributed by atoms with van der Waals surface area (Å²) >= 11 is 1.65. The second-order valence-corrected chi connectivity index (χ2v) is 4.25. The second-order valence-electron chi connectivity index (χ2n) is 3.47. The predicted molar refractivity (Wildman–Crippen MR) is 64.3 cm³/mol. The Morgan fingerprint density at radius 2 is 2.06 bits per heavy atom. The van der Waals surface area contributed by atoms with Gasteiger partial charge in [-0.1, -0.05) is 30.3 Å². The first kappa shape index (κ1) is 9.57. The summed E-state index contributed by atoms with van der Waals surface area (Å²) in [6.45, 7) is 0. The van der Waals surface area contributed by atoms with E-state index in [2.05, 4.69) is 10.5 Å². The van der Waals surface area contributed by atoms with Crippen molar-refractivity contribution in [3.8, 4) is 0 Å². The van der Waals surface area contributed by atoms with Crippen molar-refractivity contribution < 1.29 is 4.84 Å². The molecule has 3 rings (SSSR count). The summed E-state index contributed by atoms with van der Waals surface area (Å²) in [5, 5.41) is 4.07. The number of nitrogens with one attached hydrogen (secondary N) is 1. The minimum Gasteiger partial charge on any atom is -0.246 e. The molecular formula is C12H10N2OS. The van der Waals surface area contributed by atoms with Crippen LogP contribution in [0.4, 0.5) is 0 Å². The van der Waals surface area contributed by atoms with Crippen molar-refractivity contribution in [2.45, 2.75) is 6.23 Å². The van der Waals surface area contributed by atoms with Gasteiger partial charge < -0.3 is 0 Å². The molecular weight excluding hydrogens is 220 g/mol. The van der Waals surface area contributed by atoms with Crippen molar-refractivity contribution in [1.82, 2.24) is 5.48 Å². The van der Waals surface area contributed by atoms with Gasteiger partial charge in [-0.25, -0.2) is 15.3 Å². The van der Waals surface area contributed by atoms with Crippen LogP contribution < -0.4 is 5.48 Å². The lowest BCUT2D eigenvalue weighted by molar-refractivity contribution is 0.0379. The first-order valence-electron chi connectivity index (χ1n) is 5.00. The number of hydroxylamine groups is 1. The lowest BCUT2D eigenvalue weighted by atomic mass is 10.2. The van der Waals surface area contributed by atoms with Crippen LogP contribution in [0.3, 0.4) is 0 Å². The predicted octanol–water partition coefficient (Wildman–Crippen LogP) is 2.73. The molecule has 1 aromatic heterocycles. The summed E-state index contributed by atoms with van der Waals surface area (Å²) in [6.07, 6.45) is -0.221. The molecule has 0 radical (unpaired) electrons. The highest BCUT2D eigenvalue weighted by Gasteiger charge is 2.20. The molecule has 2 aromatic rings. The van der Waals surface area contributed by atoms with Crippen LogP contribution in [0.15, 0.2) is 52.2 Å². The van der Waals surface area contributed by atoms with E-state index in [1.54, 1.807) is 11.3 Å². The molecule has 0 spiro atoms. The summed E-state index contributed by atoms with van der Waals surface area (Å²) in [6, 6.07) is 12.0. The molecule has 0 saturated carbocycles. The number of nitrogens with zero attached hydrogens (tertiary/aromatic N) is 1. The van der Waals surface area contributed by atoms with Gasteiger partial charge in [0, 0.05) is 11.1 Å². The van der Waals surface area contributed by atoms with Crippen LogP contribution in [0, 0.1) is 0 Å². The molecule has 0 fully saturated rings. The van der Waals surface area contributed by atoms with Gasteiger partial charge in [-0.3, -0.25) is 0 Å². The number of aliphatic imine (C=N–C) groups is 1. The Balaban J connectivity index is 1.87. The number of amidine groups is 1. The van der Waals surface area contributed by atoms with Crippen molar-refractivity contribution >= 4 is 17.2 Å². The largest absolute Gasteiger partial charge is 0.246 e. The van der Waals surface area contributed by atoms with Crippen LogP contribution >= 0.6 is 11.3 Å². The van der Waals surface area contributed by atoms with Gasteiger partial charge in [-0.15, -0.1) is 0 Å². The zero-order valence-corrected chi connectivity index (χ0v) is 9.28. The molecule has 0 unspecified atom stereocenters. The molecule has 0 bridgehead atoms. The number of benzene rings is 1. The number of rotatable bonds is 2. The normalized spacial score (nSPS) is 19.2. The van der Waals surface area contributed by atoms with E-state index in [1.165, 1.54) is 0 Å². The molecule has 3 nitrogen and oxygen atoms in total. The molecule has 0 saturated heterocycles. The van der Waals surface area contributed by atoms with Crippen LogP contribution in [-0.2, 0) is 4.84 Å². The molecule has 0 amide bonds. The fourth-order valence-electron chi connectivity index (χ4n) is 1.57. The van der Waals surface area contributed by atoms with Crippen molar-refractivity contribution in [1.29, 1.82) is 0 Å². The summed E-state index contributed by atoms with van der Waals surface area (Å²) < 4.78 is 0. The molecule has 80 valence electrons. The quantitative estimate of drug-likeness (QED) is 0.860. The summed E-state index contributed by atoms with van der Waals surface area (Å²) in [4.78, 5) is 9.91. The maximum absolute atomic E-state index is 5.42. The van der Waals surface area contributed by atoms with Crippen molar-refractivity contribution in [3.05, 3.63) is 58.3 Å². The zero-order chi connectivity index (χ0) is 10.8. The lowest BCUT2D eigenvalue weighted by Gasteiger charge is -2.01. The Morgan fingerprint density at radius 3 is 2.81 bits per heavy atom. The van der Waals surface area contributed by atoms with Gasteiger partial charge in [0.25, 0.3) is 0 Å². The molecule has 1 atom stereocenters. The Hall–Kier alpha value is -1.65. The van der Waals surface area contributed by atoms with E-state index in [4.69, 9.17) is 4.84 Å². The van der Waals surface area contributed by atoms with E-state index < -0.39 is 0 Å². The van der Waals surface area contributed by atoms with Gasteiger partial charge >= 0.3 is 0 Å². The van der Waals surface area contributed by atoms with Crippen LogP contribution in [0.2, 0.25) is 0 Å². The van der Waals surface area contributed by atoms with E-state index in [9.17, 15) is 0 Å². The fourth-order valence-corrected chi connectivity index (χ4v) is 2.24. The molecule has 1 N–H and O–H groups in total. The molecule has 1 aliphatic heterocycles. The Bertz CT molecular complexity index is 493. The molecule has 2 heterocycles. The topological polar surface area (TPSA) is 33.6 Å². The maximum Gasteiger partial charge on any atom is 0.203 e. The summed E-state index contributed by atoms with van der Waals surface area (Å²) in [7, 11) is 0. The first-order valence-corrected chi connectivity index (χ1v) is 5.95. The third kappa shape index (κ3) is 1.73.